The fourth-order valence-corrected chi connectivity index (χ4v) is 1.66. The van der Waals surface area contributed by atoms with Crippen molar-refractivity contribution in [2.75, 3.05) is 0 Å². The van der Waals surface area contributed by atoms with Crippen LogP contribution in [0.15, 0.2) is 42.5 Å². The summed E-state index contributed by atoms with van der Waals surface area (Å²) in [6, 6.07) is 7.64. The first-order chi connectivity index (χ1) is 8.40. The second kappa shape index (κ2) is 5.54. The summed E-state index contributed by atoms with van der Waals surface area (Å²) in [6.07, 6.45) is -3.36. The molecule has 0 fully saturated rings. The summed E-state index contributed by atoms with van der Waals surface area (Å²) >= 11 is 0. The maximum absolute atomic E-state index is 13.1. The Bertz CT molecular complexity index is 519. The van der Waals surface area contributed by atoms with Crippen molar-refractivity contribution in [3.8, 4) is 6.07 Å². The lowest BCUT2D eigenvalue weighted by atomic mass is 9.97. The average molecular weight is 251 g/mol. The Morgan fingerprint density at radius 3 is 2.56 bits per heavy atom. The molecule has 0 aliphatic heterocycles. The number of alkyl halides is 3. The van der Waals surface area contributed by atoms with Gasteiger partial charge in [0.25, 0.3) is 0 Å². The highest BCUT2D eigenvalue weighted by Crippen LogP contribution is 2.37. The summed E-state index contributed by atoms with van der Waals surface area (Å²) in [5.74, 6) is 0. The van der Waals surface area contributed by atoms with Gasteiger partial charge in [-0.3, -0.25) is 0 Å². The molecule has 0 amide bonds. The van der Waals surface area contributed by atoms with Crippen molar-refractivity contribution in [2.45, 2.75) is 19.5 Å². The van der Waals surface area contributed by atoms with Crippen molar-refractivity contribution in [1.82, 2.24) is 0 Å². The van der Waals surface area contributed by atoms with Crippen LogP contribution in [0.1, 0.15) is 17.5 Å². The van der Waals surface area contributed by atoms with E-state index in [2.05, 4.69) is 6.58 Å². The molecule has 0 saturated heterocycles. The van der Waals surface area contributed by atoms with Gasteiger partial charge in [-0.1, -0.05) is 35.9 Å². The van der Waals surface area contributed by atoms with Gasteiger partial charge in [0, 0.05) is 12.0 Å². The number of aryl methyl sites for hydroxylation is 1. The molecule has 1 aromatic rings. The highest BCUT2D eigenvalue weighted by molar-refractivity contribution is 5.75. The number of nitriles is 1. The van der Waals surface area contributed by atoms with Crippen molar-refractivity contribution in [3.05, 3.63) is 53.6 Å². The topological polar surface area (TPSA) is 23.8 Å². The summed E-state index contributed by atoms with van der Waals surface area (Å²) in [4.78, 5) is 0. The van der Waals surface area contributed by atoms with E-state index in [1.807, 2.05) is 0 Å². The van der Waals surface area contributed by atoms with Gasteiger partial charge in [-0.15, -0.1) is 6.58 Å². The van der Waals surface area contributed by atoms with E-state index in [9.17, 15) is 13.2 Å². The molecule has 0 N–H and O–H groups in total. The molecule has 0 atom stereocenters. The van der Waals surface area contributed by atoms with E-state index in [0.717, 1.165) is 0 Å². The average Bonchev–Trinajstić information content (AvgIpc) is 2.26. The summed E-state index contributed by atoms with van der Waals surface area (Å²) in [5, 5.41) is 8.87. The van der Waals surface area contributed by atoms with Crippen molar-refractivity contribution < 1.29 is 13.2 Å². The third-order valence-electron chi connectivity index (χ3n) is 2.38. The molecule has 94 valence electrons. The summed E-state index contributed by atoms with van der Waals surface area (Å²) < 4.78 is 39.2. The summed E-state index contributed by atoms with van der Waals surface area (Å²) in [5.41, 5.74) is -0.470. The van der Waals surface area contributed by atoms with E-state index in [-0.39, 0.29) is 17.6 Å². The van der Waals surface area contributed by atoms with E-state index in [4.69, 9.17) is 5.26 Å². The molecule has 4 heteroatoms. The van der Waals surface area contributed by atoms with E-state index < -0.39 is 11.7 Å². The van der Waals surface area contributed by atoms with Gasteiger partial charge in [-0.05, 0) is 12.5 Å². The maximum Gasteiger partial charge on any atom is 0.417 e. The van der Waals surface area contributed by atoms with E-state index in [1.165, 1.54) is 18.2 Å². The van der Waals surface area contributed by atoms with E-state index in [0.29, 0.717) is 5.56 Å². The Labute approximate surface area is 104 Å². The zero-order valence-corrected chi connectivity index (χ0v) is 9.88. The van der Waals surface area contributed by atoms with Gasteiger partial charge in [0.1, 0.15) is 0 Å². The third-order valence-corrected chi connectivity index (χ3v) is 2.38. The fourth-order valence-electron chi connectivity index (χ4n) is 1.66. The summed E-state index contributed by atoms with van der Waals surface area (Å²) in [7, 11) is 0. The predicted molar refractivity (Wildman–Crippen MR) is 64.6 cm³/mol. The number of rotatable bonds is 3. The molecular weight excluding hydrogens is 239 g/mol. The molecule has 0 spiro atoms. The molecule has 1 rings (SSSR count). The monoisotopic (exact) mass is 251 g/mol. The quantitative estimate of drug-likeness (QED) is 0.576. The zero-order valence-electron chi connectivity index (χ0n) is 9.88. The van der Waals surface area contributed by atoms with Gasteiger partial charge in [0.15, 0.2) is 0 Å². The normalized spacial score (nSPS) is 12.6. The second-order valence-corrected chi connectivity index (χ2v) is 3.83. The second-order valence-electron chi connectivity index (χ2n) is 3.83. The van der Waals surface area contributed by atoms with Crippen LogP contribution in [-0.4, -0.2) is 6.18 Å². The van der Waals surface area contributed by atoms with Crippen LogP contribution < -0.4 is 0 Å². The summed E-state index contributed by atoms with van der Waals surface area (Å²) in [6.45, 7) is 5.08. The first-order valence-electron chi connectivity index (χ1n) is 5.28. The first-order valence-corrected chi connectivity index (χ1v) is 5.28. The van der Waals surface area contributed by atoms with Gasteiger partial charge in [0.05, 0.1) is 11.6 Å². The molecule has 0 bridgehead atoms. The van der Waals surface area contributed by atoms with Crippen LogP contribution >= 0.6 is 0 Å². The number of hydrogen-bond donors (Lipinski definition) is 0. The number of nitrogens with zero attached hydrogens (tertiary/aromatic N) is 1. The van der Waals surface area contributed by atoms with Crippen LogP contribution in [0.2, 0.25) is 0 Å². The van der Waals surface area contributed by atoms with Crippen LogP contribution in [-0.2, 0) is 0 Å². The molecule has 0 aliphatic rings. The zero-order chi connectivity index (χ0) is 13.8. The minimum atomic E-state index is -4.55. The highest BCUT2D eigenvalue weighted by atomic mass is 19.4. The molecule has 18 heavy (non-hydrogen) atoms. The van der Waals surface area contributed by atoms with Gasteiger partial charge in [-0.25, -0.2) is 0 Å². The molecule has 0 aliphatic carbocycles. The predicted octanol–water partition coefficient (Wildman–Crippen LogP) is 4.41. The van der Waals surface area contributed by atoms with Crippen LogP contribution in [0, 0.1) is 18.3 Å². The molecule has 0 radical (unpaired) electrons. The molecule has 1 nitrogen and oxygen atoms in total. The number of benzene rings is 1. The van der Waals surface area contributed by atoms with Crippen molar-refractivity contribution in [2.24, 2.45) is 0 Å². The number of allylic oxidation sites excluding steroid dienone is 3. The van der Waals surface area contributed by atoms with Crippen molar-refractivity contribution in [1.29, 1.82) is 5.26 Å². The van der Waals surface area contributed by atoms with Crippen LogP contribution in [0.4, 0.5) is 13.2 Å². The Morgan fingerprint density at radius 2 is 2.11 bits per heavy atom. The van der Waals surface area contributed by atoms with E-state index >= 15 is 0 Å². The Hall–Kier alpha value is -2.02. The first kappa shape index (κ1) is 14.0. The lowest BCUT2D eigenvalue weighted by Crippen LogP contribution is -2.13. The molecule has 0 heterocycles. The van der Waals surface area contributed by atoms with Gasteiger partial charge >= 0.3 is 6.18 Å². The standard InChI is InChI=1S/C14H12F3N/c1-3-5-12(9-18)13(14(15,16)17)11-7-4-6-10(2)8-11/h3-4,6-8H,1,5H2,2H3/b13-12-. The minimum Gasteiger partial charge on any atom is -0.193 e. The maximum atomic E-state index is 13.1. The van der Waals surface area contributed by atoms with Crippen LogP contribution in [0.5, 0.6) is 0 Å². The lowest BCUT2D eigenvalue weighted by Gasteiger charge is -2.14. The SMILES string of the molecule is C=CC/C(C#N)=C(\c1cccc(C)c1)C(F)(F)F. The molecule has 0 unspecified atom stereocenters. The largest absolute Gasteiger partial charge is 0.417 e. The molecule has 0 saturated carbocycles. The van der Waals surface area contributed by atoms with Crippen LogP contribution in [0.3, 0.4) is 0 Å². The lowest BCUT2D eigenvalue weighted by molar-refractivity contribution is -0.0693. The van der Waals surface area contributed by atoms with Crippen molar-refractivity contribution >= 4 is 5.57 Å². The number of hydrogen-bond acceptors (Lipinski definition) is 1. The Kier molecular flexibility index (Phi) is 4.33. The Balaban J connectivity index is 3.49. The van der Waals surface area contributed by atoms with Gasteiger partial charge < -0.3 is 0 Å². The fraction of sp³-hybridized carbons (Fsp3) is 0.214. The minimum absolute atomic E-state index is 0.0147. The molecule has 1 aromatic carbocycles. The smallest absolute Gasteiger partial charge is 0.193 e. The highest BCUT2D eigenvalue weighted by Gasteiger charge is 2.37. The van der Waals surface area contributed by atoms with Crippen molar-refractivity contribution in [3.63, 3.8) is 0 Å². The third kappa shape index (κ3) is 3.24. The number of halogens is 3. The van der Waals surface area contributed by atoms with E-state index in [1.54, 1.807) is 25.1 Å². The molecular formula is C14H12F3N. The van der Waals surface area contributed by atoms with Crippen LogP contribution in [0.25, 0.3) is 5.57 Å². The van der Waals surface area contributed by atoms with Gasteiger partial charge in [-0.2, -0.15) is 18.4 Å². The molecule has 0 aromatic heterocycles. The van der Waals surface area contributed by atoms with Gasteiger partial charge in [0.2, 0.25) is 0 Å². The Morgan fingerprint density at radius 1 is 1.44 bits per heavy atom.